The molecule has 19 heavy (non-hydrogen) atoms. The quantitative estimate of drug-likeness (QED) is 0.660. The third kappa shape index (κ3) is 4.81. The number of hydrogen-bond acceptors (Lipinski definition) is 3. The van der Waals surface area contributed by atoms with Crippen LogP contribution in [-0.2, 0) is 4.74 Å². The van der Waals surface area contributed by atoms with E-state index in [0.29, 0.717) is 12.1 Å². The van der Waals surface area contributed by atoms with E-state index in [-0.39, 0.29) is 0 Å². The molecule has 5 heteroatoms. The molecule has 1 aliphatic heterocycles. The molecule has 1 aromatic heterocycles. The van der Waals surface area contributed by atoms with Crippen molar-refractivity contribution in [1.29, 1.82) is 0 Å². The van der Waals surface area contributed by atoms with Crippen molar-refractivity contribution < 1.29 is 4.74 Å². The molecule has 2 nitrogen and oxygen atoms in total. The largest absolute Gasteiger partial charge is 0.378 e. The van der Waals surface area contributed by atoms with E-state index < -0.39 is 0 Å². The first-order valence-electron chi connectivity index (χ1n) is 7.00. The zero-order valence-corrected chi connectivity index (χ0v) is 15.2. The number of hydrogen-bond donors (Lipinski definition) is 1. The molecule has 1 aromatic rings. The Hall–Kier alpha value is 0.580. The van der Waals surface area contributed by atoms with E-state index in [4.69, 9.17) is 4.74 Å². The lowest BCUT2D eigenvalue weighted by atomic mass is 10.0. The highest BCUT2D eigenvalue weighted by molar-refractivity contribution is 9.13. The summed E-state index contributed by atoms with van der Waals surface area (Å²) >= 11 is 8.99. The van der Waals surface area contributed by atoms with Gasteiger partial charge in [0.25, 0.3) is 0 Å². The Morgan fingerprint density at radius 2 is 2.37 bits per heavy atom. The first-order chi connectivity index (χ1) is 9.20. The van der Waals surface area contributed by atoms with Gasteiger partial charge in [0.1, 0.15) is 0 Å². The molecule has 2 heterocycles. The van der Waals surface area contributed by atoms with Gasteiger partial charge in [0.2, 0.25) is 0 Å². The van der Waals surface area contributed by atoms with Crippen LogP contribution in [0.5, 0.6) is 0 Å². The Labute approximate surface area is 136 Å². The molecule has 2 rings (SSSR count). The average molecular weight is 411 g/mol. The Bertz CT molecular complexity index is 371. The summed E-state index contributed by atoms with van der Waals surface area (Å²) in [6, 6.07) is 2.69. The first-order valence-corrected chi connectivity index (χ1v) is 9.40. The van der Waals surface area contributed by atoms with E-state index in [9.17, 15) is 0 Å². The molecule has 0 radical (unpaired) electrons. The maximum absolute atomic E-state index is 5.73. The predicted octanol–water partition coefficient (Wildman–Crippen LogP) is 5.27. The minimum absolute atomic E-state index is 0.455. The Morgan fingerprint density at radius 1 is 1.53 bits per heavy atom. The highest BCUT2D eigenvalue weighted by Crippen LogP contribution is 2.37. The highest BCUT2D eigenvalue weighted by Gasteiger charge is 2.20. The van der Waals surface area contributed by atoms with Crippen molar-refractivity contribution in [3.05, 3.63) is 19.2 Å². The van der Waals surface area contributed by atoms with Crippen LogP contribution >= 0.6 is 43.2 Å². The lowest BCUT2D eigenvalue weighted by molar-refractivity contribution is 0.0997. The third-order valence-corrected chi connectivity index (χ3v) is 6.82. The number of nitrogens with one attached hydrogen (secondary N) is 1. The first kappa shape index (κ1) is 16.0. The van der Waals surface area contributed by atoms with Gasteiger partial charge in [-0.15, -0.1) is 11.3 Å². The van der Waals surface area contributed by atoms with Crippen LogP contribution in [0.25, 0.3) is 0 Å². The summed E-state index contributed by atoms with van der Waals surface area (Å²) in [5, 5.41) is 3.66. The Kier molecular flexibility index (Phi) is 6.83. The van der Waals surface area contributed by atoms with Crippen LogP contribution in [0.3, 0.4) is 0 Å². The summed E-state index contributed by atoms with van der Waals surface area (Å²) in [6.45, 7) is 4.24. The smallest absolute Gasteiger partial charge is 0.0843 e. The van der Waals surface area contributed by atoms with E-state index in [1.54, 1.807) is 0 Å². The molecule has 2 unspecified atom stereocenters. The zero-order valence-electron chi connectivity index (χ0n) is 11.3. The van der Waals surface area contributed by atoms with E-state index in [2.05, 4.69) is 50.2 Å². The van der Waals surface area contributed by atoms with Gasteiger partial charge >= 0.3 is 0 Å². The van der Waals surface area contributed by atoms with Crippen LogP contribution in [0.1, 0.15) is 49.9 Å². The van der Waals surface area contributed by atoms with E-state index in [1.807, 2.05) is 11.3 Å². The van der Waals surface area contributed by atoms with Crippen LogP contribution in [0.15, 0.2) is 14.3 Å². The zero-order chi connectivity index (χ0) is 13.7. The summed E-state index contributed by atoms with van der Waals surface area (Å²) in [5.41, 5.74) is 0. The topological polar surface area (TPSA) is 21.3 Å². The predicted molar refractivity (Wildman–Crippen MR) is 89.0 cm³/mol. The fourth-order valence-electron chi connectivity index (χ4n) is 2.42. The third-order valence-electron chi connectivity index (χ3n) is 3.45. The molecular weight excluding hydrogens is 390 g/mol. The van der Waals surface area contributed by atoms with Crippen LogP contribution in [0.4, 0.5) is 0 Å². The summed E-state index contributed by atoms with van der Waals surface area (Å²) in [4.78, 5) is 1.41. The molecular formula is C14H21Br2NOS. The van der Waals surface area contributed by atoms with Crippen molar-refractivity contribution in [2.45, 2.75) is 51.2 Å². The van der Waals surface area contributed by atoms with Gasteiger partial charge in [-0.3, -0.25) is 0 Å². The van der Waals surface area contributed by atoms with Crippen molar-refractivity contribution in [3.63, 3.8) is 0 Å². The molecule has 0 aliphatic carbocycles. The monoisotopic (exact) mass is 409 g/mol. The number of thiophene rings is 1. The summed E-state index contributed by atoms with van der Waals surface area (Å²) in [5.74, 6) is 0. The fraction of sp³-hybridized carbons (Fsp3) is 0.714. The van der Waals surface area contributed by atoms with Gasteiger partial charge in [-0.1, -0.05) is 6.92 Å². The minimum Gasteiger partial charge on any atom is -0.378 e. The Morgan fingerprint density at radius 3 is 2.95 bits per heavy atom. The van der Waals surface area contributed by atoms with Crippen molar-refractivity contribution in [3.8, 4) is 0 Å². The van der Waals surface area contributed by atoms with E-state index in [1.165, 1.54) is 27.9 Å². The van der Waals surface area contributed by atoms with Gasteiger partial charge in [-0.2, -0.15) is 0 Å². The molecule has 2 atom stereocenters. The molecule has 0 spiro atoms. The second kappa shape index (κ2) is 8.13. The van der Waals surface area contributed by atoms with Gasteiger partial charge in [-0.05, 0) is 76.6 Å². The van der Waals surface area contributed by atoms with Gasteiger partial charge in [0.15, 0.2) is 0 Å². The minimum atomic E-state index is 0.455. The molecule has 1 N–H and O–H groups in total. The molecule has 1 saturated heterocycles. The van der Waals surface area contributed by atoms with Crippen molar-refractivity contribution in [1.82, 2.24) is 5.32 Å². The van der Waals surface area contributed by atoms with Crippen molar-refractivity contribution in [2.75, 3.05) is 13.2 Å². The molecule has 108 valence electrons. The number of ether oxygens (including phenoxy) is 1. The summed E-state index contributed by atoms with van der Waals surface area (Å²) < 4.78 is 8.07. The number of halogens is 2. The van der Waals surface area contributed by atoms with Crippen LogP contribution in [0, 0.1) is 0 Å². The second-order valence-electron chi connectivity index (χ2n) is 4.99. The summed E-state index contributed by atoms with van der Waals surface area (Å²) in [6.07, 6.45) is 6.44. The molecule has 1 aliphatic rings. The lowest BCUT2D eigenvalue weighted by Gasteiger charge is -2.19. The molecule has 0 bridgehead atoms. The van der Waals surface area contributed by atoms with Gasteiger partial charge < -0.3 is 10.1 Å². The Balaban J connectivity index is 1.93. The average Bonchev–Trinajstić information content (AvgIpc) is 3.01. The second-order valence-corrected chi connectivity index (χ2v) is 8.25. The lowest BCUT2D eigenvalue weighted by Crippen LogP contribution is -2.22. The van der Waals surface area contributed by atoms with Crippen LogP contribution < -0.4 is 5.32 Å². The maximum atomic E-state index is 5.73. The molecule has 0 aromatic carbocycles. The van der Waals surface area contributed by atoms with Crippen molar-refractivity contribution in [2.24, 2.45) is 0 Å². The molecule has 0 amide bonds. The summed E-state index contributed by atoms with van der Waals surface area (Å²) in [7, 11) is 0. The van der Waals surface area contributed by atoms with Crippen LogP contribution in [0.2, 0.25) is 0 Å². The van der Waals surface area contributed by atoms with E-state index in [0.717, 1.165) is 30.5 Å². The normalized spacial score (nSPS) is 20.9. The molecule has 1 fully saturated rings. The van der Waals surface area contributed by atoms with Gasteiger partial charge in [-0.25, -0.2) is 0 Å². The molecule has 0 saturated carbocycles. The standard InChI is InChI=1S/C14H21Br2NOS/c1-2-7-17-12(6-5-10-4-3-8-18-10)13-9-11(15)14(16)19-13/h9-10,12,17H,2-8H2,1H3. The van der Waals surface area contributed by atoms with Gasteiger partial charge in [0.05, 0.1) is 9.89 Å². The van der Waals surface area contributed by atoms with Crippen LogP contribution in [-0.4, -0.2) is 19.3 Å². The fourth-order valence-corrected chi connectivity index (χ4v) is 4.62. The SMILES string of the molecule is CCCNC(CCC1CCCO1)c1cc(Br)c(Br)s1. The van der Waals surface area contributed by atoms with Gasteiger partial charge in [0, 0.05) is 22.0 Å². The van der Waals surface area contributed by atoms with Crippen molar-refractivity contribution >= 4 is 43.2 Å². The number of rotatable bonds is 7. The highest BCUT2D eigenvalue weighted by atomic mass is 79.9. The maximum Gasteiger partial charge on any atom is 0.0843 e. The van der Waals surface area contributed by atoms with E-state index >= 15 is 0 Å².